The van der Waals surface area contributed by atoms with Gasteiger partial charge in [-0.05, 0) is 18.2 Å². The molecule has 0 aliphatic rings. The Balaban J connectivity index is 2.74. The fraction of sp³-hybridized carbons (Fsp3) is 0.286. The fourth-order valence-corrected chi connectivity index (χ4v) is 1.31. The lowest BCUT2D eigenvalue weighted by Gasteiger charge is -2.01. The molecular weight excluding hydrogens is 228 g/mol. The molecule has 0 spiro atoms. The van der Waals surface area contributed by atoms with Gasteiger partial charge in [-0.1, -0.05) is 11.8 Å². The number of rotatable bonds is 3. The Morgan fingerprint density at radius 1 is 1.44 bits per heavy atom. The van der Waals surface area contributed by atoms with Crippen LogP contribution < -0.4 is 10.1 Å². The van der Waals surface area contributed by atoms with Crippen LogP contribution in [-0.4, -0.2) is 19.6 Å². The molecule has 0 bridgehead atoms. The third-order valence-electron chi connectivity index (χ3n) is 2.19. The second-order valence-corrected chi connectivity index (χ2v) is 3.56. The Kier molecular flexibility index (Phi) is 5.28. The van der Waals surface area contributed by atoms with Crippen LogP contribution in [0, 0.1) is 23.2 Å². The molecule has 0 saturated carbocycles. The number of benzene rings is 1. The topological polar surface area (TPSA) is 62.1 Å². The van der Waals surface area contributed by atoms with Crippen molar-refractivity contribution < 1.29 is 9.53 Å². The predicted octanol–water partition coefficient (Wildman–Crippen LogP) is 1.44. The molecule has 1 rings (SSSR count). The van der Waals surface area contributed by atoms with E-state index in [0.29, 0.717) is 29.8 Å². The molecule has 4 heteroatoms. The second-order valence-electron chi connectivity index (χ2n) is 3.56. The third-order valence-corrected chi connectivity index (χ3v) is 2.19. The van der Waals surface area contributed by atoms with Gasteiger partial charge in [0, 0.05) is 25.5 Å². The fourth-order valence-electron chi connectivity index (χ4n) is 1.31. The molecule has 0 unspecified atom stereocenters. The Morgan fingerprint density at radius 3 is 2.83 bits per heavy atom. The van der Waals surface area contributed by atoms with Crippen LogP contribution in [-0.2, 0) is 4.79 Å². The highest BCUT2D eigenvalue weighted by Crippen LogP contribution is 2.16. The molecule has 0 aliphatic heterocycles. The highest BCUT2D eigenvalue weighted by Gasteiger charge is 2.00. The van der Waals surface area contributed by atoms with Gasteiger partial charge in [0.05, 0.1) is 12.7 Å². The Bertz CT molecular complexity index is 533. The van der Waals surface area contributed by atoms with E-state index in [2.05, 4.69) is 23.2 Å². The molecule has 1 N–H and O–H groups in total. The van der Waals surface area contributed by atoms with Gasteiger partial charge in [0.1, 0.15) is 11.8 Å². The van der Waals surface area contributed by atoms with Crippen molar-refractivity contribution in [1.82, 2.24) is 5.32 Å². The summed E-state index contributed by atoms with van der Waals surface area (Å²) in [5.74, 6) is 6.41. The van der Waals surface area contributed by atoms with Crippen LogP contribution in [0.2, 0.25) is 0 Å². The van der Waals surface area contributed by atoms with Crippen LogP contribution in [0.4, 0.5) is 0 Å². The van der Waals surface area contributed by atoms with E-state index in [1.54, 1.807) is 25.3 Å². The largest absolute Gasteiger partial charge is 0.497 e. The van der Waals surface area contributed by atoms with Crippen LogP contribution in [0.1, 0.15) is 24.5 Å². The van der Waals surface area contributed by atoms with Gasteiger partial charge < -0.3 is 10.1 Å². The molecule has 0 radical (unpaired) electrons. The average molecular weight is 242 g/mol. The first-order valence-corrected chi connectivity index (χ1v) is 5.49. The lowest BCUT2D eigenvalue weighted by atomic mass is 10.1. The molecule has 1 amide bonds. The second kappa shape index (κ2) is 6.98. The van der Waals surface area contributed by atoms with E-state index >= 15 is 0 Å². The maximum Gasteiger partial charge on any atom is 0.216 e. The molecule has 1 aromatic carbocycles. The molecule has 0 atom stereocenters. The summed E-state index contributed by atoms with van der Waals surface area (Å²) in [5, 5.41) is 11.6. The van der Waals surface area contributed by atoms with Gasteiger partial charge in [0.25, 0.3) is 0 Å². The van der Waals surface area contributed by atoms with Crippen LogP contribution in [0.25, 0.3) is 0 Å². The van der Waals surface area contributed by atoms with Gasteiger partial charge in [-0.15, -0.1) is 0 Å². The maximum absolute atomic E-state index is 10.6. The molecule has 0 fully saturated rings. The lowest BCUT2D eigenvalue weighted by Crippen LogP contribution is -2.20. The molecule has 4 nitrogen and oxygen atoms in total. The Labute approximate surface area is 107 Å². The normalized spacial score (nSPS) is 8.72. The van der Waals surface area contributed by atoms with Crippen molar-refractivity contribution in [2.45, 2.75) is 13.3 Å². The minimum atomic E-state index is -0.0732. The number of carbonyl (C=O) groups is 1. The average Bonchev–Trinajstić information content (AvgIpc) is 2.37. The summed E-state index contributed by atoms with van der Waals surface area (Å²) < 4.78 is 5.08. The quantitative estimate of drug-likeness (QED) is 0.644. The van der Waals surface area contributed by atoms with E-state index in [4.69, 9.17) is 10.00 Å². The summed E-state index contributed by atoms with van der Waals surface area (Å²) in [4.78, 5) is 10.6. The van der Waals surface area contributed by atoms with Gasteiger partial charge in [-0.3, -0.25) is 4.79 Å². The Morgan fingerprint density at radius 2 is 2.22 bits per heavy atom. The van der Waals surface area contributed by atoms with Gasteiger partial charge in [-0.25, -0.2) is 0 Å². The third kappa shape index (κ3) is 4.19. The zero-order chi connectivity index (χ0) is 13.4. The number of nitrogens with zero attached hydrogens (tertiary/aromatic N) is 1. The van der Waals surface area contributed by atoms with Crippen LogP contribution >= 0.6 is 0 Å². The number of hydrogen-bond acceptors (Lipinski definition) is 3. The maximum atomic E-state index is 10.6. The summed E-state index contributed by atoms with van der Waals surface area (Å²) in [7, 11) is 1.56. The monoisotopic (exact) mass is 242 g/mol. The molecule has 18 heavy (non-hydrogen) atoms. The first kappa shape index (κ1) is 13.6. The minimum Gasteiger partial charge on any atom is -0.497 e. The number of carbonyl (C=O) groups excluding carboxylic acids is 1. The van der Waals surface area contributed by atoms with Crippen molar-refractivity contribution in [3.63, 3.8) is 0 Å². The van der Waals surface area contributed by atoms with Crippen molar-refractivity contribution in [3.8, 4) is 23.7 Å². The molecule has 1 aromatic rings. The van der Waals surface area contributed by atoms with Crippen LogP contribution in [0.5, 0.6) is 5.75 Å². The lowest BCUT2D eigenvalue weighted by molar-refractivity contribution is -0.118. The number of amides is 1. The van der Waals surface area contributed by atoms with Gasteiger partial charge in [0.15, 0.2) is 0 Å². The summed E-state index contributed by atoms with van der Waals surface area (Å²) in [5.41, 5.74) is 1.16. The number of ether oxygens (including phenoxy) is 1. The van der Waals surface area contributed by atoms with Gasteiger partial charge in [0.2, 0.25) is 5.91 Å². The zero-order valence-corrected chi connectivity index (χ0v) is 10.4. The summed E-state index contributed by atoms with van der Waals surface area (Å²) in [6.07, 6.45) is 0.543. The first-order valence-electron chi connectivity index (χ1n) is 5.49. The molecule has 0 saturated heterocycles. The highest BCUT2D eigenvalue weighted by atomic mass is 16.5. The van der Waals surface area contributed by atoms with Crippen molar-refractivity contribution in [1.29, 1.82) is 5.26 Å². The van der Waals surface area contributed by atoms with Gasteiger partial charge >= 0.3 is 0 Å². The summed E-state index contributed by atoms with van der Waals surface area (Å²) >= 11 is 0. The number of hydrogen-bond donors (Lipinski definition) is 1. The molecule has 0 aromatic heterocycles. The first-order chi connectivity index (χ1) is 8.67. The van der Waals surface area contributed by atoms with Crippen molar-refractivity contribution in [2.24, 2.45) is 0 Å². The molecule has 92 valence electrons. The van der Waals surface area contributed by atoms with E-state index in [9.17, 15) is 4.79 Å². The smallest absolute Gasteiger partial charge is 0.216 e. The molecule has 0 aliphatic carbocycles. The Hall–Kier alpha value is -2.46. The number of nitriles is 1. The predicted molar refractivity (Wildman–Crippen MR) is 67.9 cm³/mol. The number of methoxy groups -OCH3 is 1. The number of nitrogens with one attached hydrogen (secondary N) is 1. The summed E-state index contributed by atoms with van der Waals surface area (Å²) in [6.45, 7) is 1.97. The summed E-state index contributed by atoms with van der Waals surface area (Å²) in [6, 6.07) is 7.20. The molecular formula is C14H14N2O2. The zero-order valence-electron chi connectivity index (χ0n) is 10.4. The standard InChI is InChI=1S/C14H14N2O2/c1-11(17)16-8-4-3-5-12-9-14(18-2)7-6-13(12)10-15/h6-7,9H,4,8H2,1-2H3,(H,16,17). The van der Waals surface area contributed by atoms with E-state index in [0.717, 1.165) is 0 Å². The van der Waals surface area contributed by atoms with E-state index < -0.39 is 0 Å². The van der Waals surface area contributed by atoms with Gasteiger partial charge in [-0.2, -0.15) is 5.26 Å². The highest BCUT2D eigenvalue weighted by molar-refractivity contribution is 5.72. The van der Waals surface area contributed by atoms with E-state index in [1.807, 2.05) is 0 Å². The SMILES string of the molecule is COc1ccc(C#N)c(C#CCCNC(C)=O)c1. The van der Waals surface area contributed by atoms with Crippen molar-refractivity contribution in [3.05, 3.63) is 29.3 Å². The van der Waals surface area contributed by atoms with Crippen LogP contribution in [0.15, 0.2) is 18.2 Å². The van der Waals surface area contributed by atoms with Crippen LogP contribution in [0.3, 0.4) is 0 Å². The molecule has 0 heterocycles. The van der Waals surface area contributed by atoms with Crippen molar-refractivity contribution in [2.75, 3.05) is 13.7 Å². The van der Waals surface area contributed by atoms with E-state index in [1.165, 1.54) is 6.92 Å². The van der Waals surface area contributed by atoms with Crippen molar-refractivity contribution >= 4 is 5.91 Å². The van der Waals surface area contributed by atoms with E-state index in [-0.39, 0.29) is 5.91 Å². The minimum absolute atomic E-state index is 0.0732.